The molecule has 0 saturated heterocycles. The summed E-state index contributed by atoms with van der Waals surface area (Å²) < 4.78 is 24.8. The quantitative estimate of drug-likeness (QED) is 0.640. The van der Waals surface area contributed by atoms with Crippen molar-refractivity contribution in [1.82, 2.24) is 4.72 Å². The van der Waals surface area contributed by atoms with Gasteiger partial charge in [0.25, 0.3) is 0 Å². The Morgan fingerprint density at radius 1 is 1.54 bits per heavy atom. The van der Waals surface area contributed by atoms with Gasteiger partial charge in [-0.05, 0) is 13.3 Å². The van der Waals surface area contributed by atoms with Gasteiger partial charge < -0.3 is 5.73 Å². The molecule has 0 aromatic carbocycles. The standard InChI is InChI=1S/C7H16N2O2S2/c1-3-6(5-7(8)12)9-13(10,11)4-2/h6,9H,3-5H2,1-2H3,(H2,8,12). The van der Waals surface area contributed by atoms with Crippen molar-refractivity contribution in [1.29, 1.82) is 0 Å². The summed E-state index contributed by atoms with van der Waals surface area (Å²) in [7, 11) is -3.14. The molecule has 1 atom stereocenters. The average molecular weight is 224 g/mol. The molecule has 3 N–H and O–H groups in total. The average Bonchev–Trinajstić information content (AvgIpc) is 2.02. The van der Waals surface area contributed by atoms with Gasteiger partial charge in [0.15, 0.2) is 0 Å². The molecule has 0 fully saturated rings. The first kappa shape index (κ1) is 12.8. The van der Waals surface area contributed by atoms with Crippen molar-refractivity contribution in [2.45, 2.75) is 32.7 Å². The molecule has 0 amide bonds. The van der Waals surface area contributed by atoms with Crippen LogP contribution in [0.4, 0.5) is 0 Å². The minimum absolute atomic E-state index is 0.0842. The van der Waals surface area contributed by atoms with E-state index in [1.807, 2.05) is 6.92 Å². The summed E-state index contributed by atoms with van der Waals surface area (Å²) in [5, 5.41) is 0. The van der Waals surface area contributed by atoms with E-state index in [1.165, 1.54) is 0 Å². The third-order valence-corrected chi connectivity index (χ3v) is 3.29. The zero-order valence-electron chi connectivity index (χ0n) is 7.91. The van der Waals surface area contributed by atoms with E-state index in [4.69, 9.17) is 18.0 Å². The number of hydrogen-bond donors (Lipinski definition) is 2. The second kappa shape index (κ2) is 5.51. The van der Waals surface area contributed by atoms with Gasteiger partial charge in [0.05, 0.1) is 10.7 Å². The molecule has 0 aliphatic rings. The topological polar surface area (TPSA) is 72.2 Å². The molecule has 0 aromatic heterocycles. The highest BCUT2D eigenvalue weighted by Gasteiger charge is 2.14. The Balaban J connectivity index is 4.21. The molecule has 0 radical (unpaired) electrons. The zero-order valence-corrected chi connectivity index (χ0v) is 9.54. The van der Waals surface area contributed by atoms with Gasteiger partial charge in [0.2, 0.25) is 10.0 Å². The van der Waals surface area contributed by atoms with Gasteiger partial charge in [-0.2, -0.15) is 0 Å². The van der Waals surface area contributed by atoms with Gasteiger partial charge in [-0.1, -0.05) is 19.1 Å². The SMILES string of the molecule is CCC(CC(N)=S)NS(=O)(=O)CC. The molecular weight excluding hydrogens is 208 g/mol. The summed E-state index contributed by atoms with van der Waals surface area (Å²) in [4.78, 5) is 0.339. The van der Waals surface area contributed by atoms with Crippen LogP contribution in [0.2, 0.25) is 0 Å². The molecule has 0 aliphatic carbocycles. The first-order valence-electron chi connectivity index (χ1n) is 4.19. The van der Waals surface area contributed by atoms with E-state index >= 15 is 0 Å². The number of hydrogen-bond acceptors (Lipinski definition) is 3. The Kier molecular flexibility index (Phi) is 5.43. The summed E-state index contributed by atoms with van der Waals surface area (Å²) in [6.07, 6.45) is 1.11. The Morgan fingerprint density at radius 3 is 2.38 bits per heavy atom. The Hall–Kier alpha value is -0.200. The minimum Gasteiger partial charge on any atom is -0.393 e. The second-order valence-electron chi connectivity index (χ2n) is 2.80. The summed E-state index contributed by atoms with van der Waals surface area (Å²) >= 11 is 4.71. The van der Waals surface area contributed by atoms with Crippen molar-refractivity contribution in [2.75, 3.05) is 5.75 Å². The van der Waals surface area contributed by atoms with Crippen LogP contribution in [0.3, 0.4) is 0 Å². The molecule has 0 rings (SSSR count). The van der Waals surface area contributed by atoms with Gasteiger partial charge in [0.1, 0.15) is 0 Å². The van der Waals surface area contributed by atoms with Crippen LogP contribution in [0.25, 0.3) is 0 Å². The lowest BCUT2D eigenvalue weighted by Crippen LogP contribution is -2.37. The molecule has 1 unspecified atom stereocenters. The number of thiocarbonyl (C=S) groups is 1. The van der Waals surface area contributed by atoms with Crippen LogP contribution < -0.4 is 10.5 Å². The molecule has 0 aliphatic heterocycles. The number of rotatable bonds is 6. The Bertz CT molecular complexity index is 262. The van der Waals surface area contributed by atoms with E-state index in [9.17, 15) is 8.42 Å². The summed E-state index contributed by atoms with van der Waals surface area (Å²) in [6.45, 7) is 3.48. The largest absolute Gasteiger partial charge is 0.393 e. The maximum atomic E-state index is 11.2. The number of nitrogens with one attached hydrogen (secondary N) is 1. The molecule has 6 heteroatoms. The fraction of sp³-hybridized carbons (Fsp3) is 0.857. The highest BCUT2D eigenvalue weighted by atomic mass is 32.2. The van der Waals surface area contributed by atoms with Crippen LogP contribution >= 0.6 is 12.2 Å². The molecule has 0 bridgehead atoms. The molecule has 0 saturated carbocycles. The normalized spacial score (nSPS) is 14.0. The van der Waals surface area contributed by atoms with Crippen molar-refractivity contribution in [3.63, 3.8) is 0 Å². The van der Waals surface area contributed by atoms with Crippen molar-refractivity contribution in [2.24, 2.45) is 5.73 Å². The van der Waals surface area contributed by atoms with Crippen LogP contribution in [0, 0.1) is 0 Å². The van der Waals surface area contributed by atoms with Gasteiger partial charge in [-0.3, -0.25) is 0 Å². The van der Waals surface area contributed by atoms with E-state index in [2.05, 4.69) is 4.72 Å². The highest BCUT2D eigenvalue weighted by molar-refractivity contribution is 7.89. The van der Waals surface area contributed by atoms with E-state index in [1.54, 1.807) is 6.92 Å². The van der Waals surface area contributed by atoms with E-state index in [-0.39, 0.29) is 11.8 Å². The Morgan fingerprint density at radius 2 is 2.08 bits per heavy atom. The lowest BCUT2D eigenvalue weighted by atomic mass is 10.2. The summed E-state index contributed by atoms with van der Waals surface area (Å²) in [5.74, 6) is 0.0842. The molecule has 0 spiro atoms. The lowest BCUT2D eigenvalue weighted by Gasteiger charge is -2.15. The van der Waals surface area contributed by atoms with Crippen LogP contribution in [0.5, 0.6) is 0 Å². The van der Waals surface area contributed by atoms with Gasteiger partial charge >= 0.3 is 0 Å². The first-order chi connectivity index (χ1) is 5.91. The smallest absolute Gasteiger partial charge is 0.211 e. The van der Waals surface area contributed by atoms with Crippen molar-refractivity contribution >= 4 is 27.2 Å². The van der Waals surface area contributed by atoms with Gasteiger partial charge in [-0.15, -0.1) is 0 Å². The van der Waals surface area contributed by atoms with Crippen LogP contribution in [-0.4, -0.2) is 25.2 Å². The van der Waals surface area contributed by atoms with Gasteiger partial charge in [-0.25, -0.2) is 13.1 Å². The van der Waals surface area contributed by atoms with E-state index in [0.29, 0.717) is 17.8 Å². The fourth-order valence-corrected chi connectivity index (χ4v) is 1.98. The van der Waals surface area contributed by atoms with Crippen molar-refractivity contribution in [3.8, 4) is 0 Å². The predicted molar refractivity (Wildman–Crippen MR) is 58.1 cm³/mol. The highest BCUT2D eigenvalue weighted by Crippen LogP contribution is 2.00. The molecule has 0 aromatic rings. The Labute approximate surface area is 84.9 Å². The first-order valence-corrected chi connectivity index (χ1v) is 6.25. The third kappa shape index (κ3) is 5.95. The van der Waals surface area contributed by atoms with Crippen LogP contribution in [0.15, 0.2) is 0 Å². The molecule has 13 heavy (non-hydrogen) atoms. The second-order valence-corrected chi connectivity index (χ2v) is 5.36. The van der Waals surface area contributed by atoms with Crippen molar-refractivity contribution in [3.05, 3.63) is 0 Å². The minimum atomic E-state index is -3.14. The van der Waals surface area contributed by atoms with E-state index < -0.39 is 10.0 Å². The maximum Gasteiger partial charge on any atom is 0.211 e. The van der Waals surface area contributed by atoms with Gasteiger partial charge in [0, 0.05) is 12.5 Å². The summed E-state index contributed by atoms with van der Waals surface area (Å²) in [6, 6.07) is -0.164. The lowest BCUT2D eigenvalue weighted by molar-refractivity contribution is 0.547. The number of nitrogens with two attached hydrogens (primary N) is 1. The summed E-state index contributed by atoms with van der Waals surface area (Å²) in [5.41, 5.74) is 5.33. The zero-order chi connectivity index (χ0) is 10.5. The third-order valence-electron chi connectivity index (χ3n) is 1.67. The molecule has 0 heterocycles. The van der Waals surface area contributed by atoms with E-state index in [0.717, 1.165) is 0 Å². The number of sulfonamides is 1. The van der Waals surface area contributed by atoms with Crippen LogP contribution in [0.1, 0.15) is 26.7 Å². The predicted octanol–water partition coefficient (Wildman–Crippen LogP) is 0.380. The fourth-order valence-electron chi connectivity index (χ4n) is 0.849. The van der Waals surface area contributed by atoms with Crippen LogP contribution in [-0.2, 0) is 10.0 Å². The maximum absolute atomic E-state index is 11.2. The monoisotopic (exact) mass is 224 g/mol. The van der Waals surface area contributed by atoms with Crippen molar-refractivity contribution < 1.29 is 8.42 Å². The molecule has 78 valence electrons. The molecular formula is C7H16N2O2S2. The molecule has 4 nitrogen and oxygen atoms in total.